The Morgan fingerprint density at radius 3 is 1.34 bits per heavy atom. The summed E-state index contributed by atoms with van der Waals surface area (Å²) in [7, 11) is 0. The largest absolute Gasteiger partial charge is 0.399 e. The molecule has 2 aromatic rings. The van der Waals surface area contributed by atoms with E-state index in [-0.39, 0.29) is 11.8 Å². The first kappa shape index (κ1) is 24.6. The van der Waals surface area contributed by atoms with Crippen molar-refractivity contribution in [2.75, 3.05) is 11.5 Å². The highest BCUT2D eigenvalue weighted by Crippen LogP contribution is 2.08. The molecule has 0 aliphatic carbocycles. The van der Waals surface area contributed by atoms with Crippen molar-refractivity contribution in [3.8, 4) is 0 Å². The summed E-state index contributed by atoms with van der Waals surface area (Å²) in [5.74, 6) is -0.241. The first-order chi connectivity index (χ1) is 15.3. The molecule has 6 N–H and O–H groups in total. The van der Waals surface area contributed by atoms with Crippen LogP contribution >= 0.6 is 0 Å². The number of hydrazone groups is 2. The maximum absolute atomic E-state index is 11.9. The standard InChI is InChI=1S/C24H32N6O2/c1-17(19-9-13-21(25)14-10-19)27-29-23(31)7-5-3-4-6-8-24(32)30-28-18(2)20-11-15-22(26)16-12-20/h9-16H,3-8,25-26H2,1-2H3,(H,29,31)(H,30,32). The summed E-state index contributed by atoms with van der Waals surface area (Å²) >= 11 is 0. The molecule has 0 unspecified atom stereocenters. The highest BCUT2D eigenvalue weighted by Gasteiger charge is 2.04. The van der Waals surface area contributed by atoms with E-state index in [0.29, 0.717) is 24.2 Å². The molecule has 0 atom stereocenters. The molecule has 32 heavy (non-hydrogen) atoms. The van der Waals surface area contributed by atoms with E-state index in [4.69, 9.17) is 11.5 Å². The SMILES string of the molecule is CC(=NNC(=O)CCCCCCC(=O)NN=C(C)c1ccc(N)cc1)c1ccc(N)cc1. The molecule has 0 aliphatic heterocycles. The number of carbonyl (C=O) groups excluding carboxylic acids is 2. The van der Waals surface area contributed by atoms with Gasteiger partial charge in [-0.3, -0.25) is 9.59 Å². The zero-order chi connectivity index (χ0) is 23.3. The molecule has 2 rings (SSSR count). The Morgan fingerprint density at radius 2 is 1.00 bits per heavy atom. The zero-order valence-corrected chi connectivity index (χ0v) is 18.7. The number of nitrogens with two attached hydrogens (primary N) is 2. The maximum Gasteiger partial charge on any atom is 0.240 e. The minimum atomic E-state index is -0.120. The Morgan fingerprint density at radius 1 is 0.656 bits per heavy atom. The van der Waals surface area contributed by atoms with Crippen LogP contribution in [0.25, 0.3) is 0 Å². The van der Waals surface area contributed by atoms with Gasteiger partial charge < -0.3 is 11.5 Å². The van der Waals surface area contributed by atoms with Crippen molar-refractivity contribution in [3.63, 3.8) is 0 Å². The fourth-order valence-electron chi connectivity index (χ4n) is 2.91. The molecule has 0 fully saturated rings. The second kappa shape index (κ2) is 12.9. The van der Waals surface area contributed by atoms with Gasteiger partial charge in [0, 0.05) is 24.2 Å². The first-order valence-corrected chi connectivity index (χ1v) is 10.7. The second-order valence-electron chi connectivity index (χ2n) is 7.62. The summed E-state index contributed by atoms with van der Waals surface area (Å²) in [6.45, 7) is 3.66. The number of rotatable bonds is 11. The van der Waals surface area contributed by atoms with E-state index in [1.165, 1.54) is 0 Å². The third-order valence-electron chi connectivity index (χ3n) is 4.91. The van der Waals surface area contributed by atoms with Crippen LogP contribution in [0.3, 0.4) is 0 Å². The molecular weight excluding hydrogens is 404 g/mol. The summed E-state index contributed by atoms with van der Waals surface area (Å²) in [5.41, 5.74) is 21.1. The molecule has 0 aromatic heterocycles. The van der Waals surface area contributed by atoms with E-state index in [2.05, 4.69) is 21.1 Å². The molecule has 2 aromatic carbocycles. The highest BCUT2D eigenvalue weighted by atomic mass is 16.2. The number of nitrogens with zero attached hydrogens (tertiary/aromatic N) is 2. The van der Waals surface area contributed by atoms with Crippen LogP contribution in [-0.4, -0.2) is 23.2 Å². The normalized spacial score (nSPS) is 11.8. The van der Waals surface area contributed by atoms with Crippen LogP contribution in [0, 0.1) is 0 Å². The van der Waals surface area contributed by atoms with E-state index in [0.717, 1.165) is 48.2 Å². The molecule has 0 radical (unpaired) electrons. The third-order valence-corrected chi connectivity index (χ3v) is 4.91. The van der Waals surface area contributed by atoms with Gasteiger partial charge in [-0.05, 0) is 62.1 Å². The van der Waals surface area contributed by atoms with Gasteiger partial charge in [-0.2, -0.15) is 10.2 Å². The van der Waals surface area contributed by atoms with Crippen LogP contribution in [0.2, 0.25) is 0 Å². The molecule has 8 heteroatoms. The summed E-state index contributed by atoms with van der Waals surface area (Å²) in [5, 5.41) is 8.26. The predicted molar refractivity (Wildman–Crippen MR) is 130 cm³/mol. The van der Waals surface area contributed by atoms with Gasteiger partial charge in [-0.1, -0.05) is 37.1 Å². The molecule has 0 saturated heterocycles. The van der Waals surface area contributed by atoms with Gasteiger partial charge in [0.2, 0.25) is 11.8 Å². The average Bonchev–Trinajstić information content (AvgIpc) is 2.79. The second-order valence-corrected chi connectivity index (χ2v) is 7.62. The Bertz CT molecular complexity index is 870. The molecular formula is C24H32N6O2. The van der Waals surface area contributed by atoms with Gasteiger partial charge in [0.05, 0.1) is 11.4 Å². The Hall–Kier alpha value is -3.68. The van der Waals surface area contributed by atoms with Crippen LogP contribution in [0.4, 0.5) is 11.4 Å². The minimum Gasteiger partial charge on any atom is -0.399 e. The van der Waals surface area contributed by atoms with Crippen molar-refractivity contribution < 1.29 is 9.59 Å². The number of amides is 2. The molecule has 8 nitrogen and oxygen atoms in total. The number of hydrogen-bond acceptors (Lipinski definition) is 6. The number of nitrogen functional groups attached to an aromatic ring is 2. The molecule has 0 bridgehead atoms. The van der Waals surface area contributed by atoms with Crippen molar-refractivity contribution in [2.24, 2.45) is 10.2 Å². The fraction of sp³-hybridized carbons (Fsp3) is 0.333. The Labute approximate surface area is 189 Å². The van der Waals surface area contributed by atoms with Crippen LogP contribution in [0.15, 0.2) is 58.7 Å². The molecule has 0 heterocycles. The quantitative estimate of drug-likeness (QED) is 0.185. The summed E-state index contributed by atoms with van der Waals surface area (Å²) in [4.78, 5) is 23.9. The first-order valence-electron chi connectivity index (χ1n) is 10.7. The van der Waals surface area contributed by atoms with Crippen LogP contribution < -0.4 is 22.3 Å². The average molecular weight is 437 g/mol. The Balaban J connectivity index is 1.57. The van der Waals surface area contributed by atoms with E-state index >= 15 is 0 Å². The van der Waals surface area contributed by atoms with Gasteiger partial charge in [-0.25, -0.2) is 10.9 Å². The highest BCUT2D eigenvalue weighted by molar-refractivity contribution is 6.00. The summed E-state index contributed by atoms with van der Waals surface area (Å²) in [6, 6.07) is 14.6. The number of unbranched alkanes of at least 4 members (excludes halogenated alkanes) is 3. The molecule has 2 amide bonds. The number of benzene rings is 2. The van der Waals surface area contributed by atoms with Crippen LogP contribution in [0.1, 0.15) is 63.5 Å². The predicted octanol–water partition coefficient (Wildman–Crippen LogP) is 3.57. The van der Waals surface area contributed by atoms with Gasteiger partial charge in [-0.15, -0.1) is 0 Å². The van der Waals surface area contributed by atoms with Crippen molar-refractivity contribution in [2.45, 2.75) is 52.4 Å². The van der Waals surface area contributed by atoms with Gasteiger partial charge in [0.15, 0.2) is 0 Å². The van der Waals surface area contributed by atoms with Gasteiger partial charge in [0.25, 0.3) is 0 Å². The van der Waals surface area contributed by atoms with Crippen LogP contribution in [0.5, 0.6) is 0 Å². The summed E-state index contributed by atoms with van der Waals surface area (Å²) in [6.07, 6.45) is 4.03. The van der Waals surface area contributed by atoms with Crippen LogP contribution in [-0.2, 0) is 9.59 Å². The van der Waals surface area contributed by atoms with E-state index < -0.39 is 0 Å². The van der Waals surface area contributed by atoms with E-state index in [9.17, 15) is 9.59 Å². The van der Waals surface area contributed by atoms with Crippen molar-refractivity contribution in [1.82, 2.24) is 10.9 Å². The lowest BCUT2D eigenvalue weighted by atomic mass is 10.1. The lowest BCUT2D eigenvalue weighted by Gasteiger charge is -2.05. The maximum atomic E-state index is 11.9. The lowest BCUT2D eigenvalue weighted by molar-refractivity contribution is -0.122. The molecule has 170 valence electrons. The lowest BCUT2D eigenvalue weighted by Crippen LogP contribution is -2.19. The van der Waals surface area contributed by atoms with Crippen molar-refractivity contribution >= 4 is 34.6 Å². The van der Waals surface area contributed by atoms with Gasteiger partial charge in [0.1, 0.15) is 0 Å². The summed E-state index contributed by atoms with van der Waals surface area (Å²) < 4.78 is 0. The zero-order valence-electron chi connectivity index (χ0n) is 18.7. The monoisotopic (exact) mass is 436 g/mol. The van der Waals surface area contributed by atoms with Crippen molar-refractivity contribution in [1.29, 1.82) is 0 Å². The molecule has 0 spiro atoms. The molecule has 0 saturated carbocycles. The third kappa shape index (κ3) is 8.99. The van der Waals surface area contributed by atoms with E-state index in [1.807, 2.05) is 38.1 Å². The number of nitrogens with one attached hydrogen (secondary N) is 2. The number of carbonyl (C=O) groups is 2. The molecule has 0 aliphatic rings. The van der Waals surface area contributed by atoms with E-state index in [1.54, 1.807) is 24.3 Å². The smallest absolute Gasteiger partial charge is 0.240 e. The van der Waals surface area contributed by atoms with Gasteiger partial charge >= 0.3 is 0 Å². The number of anilines is 2. The number of hydrogen-bond donors (Lipinski definition) is 4. The van der Waals surface area contributed by atoms with Crippen molar-refractivity contribution in [3.05, 3.63) is 59.7 Å². The minimum absolute atomic E-state index is 0.120. The fourth-order valence-corrected chi connectivity index (χ4v) is 2.91. The Kier molecular flexibility index (Phi) is 9.90. The topological polar surface area (TPSA) is 135 Å².